The lowest BCUT2D eigenvalue weighted by molar-refractivity contribution is 0.535. The number of hydrogen-bond donors (Lipinski definition) is 2. The molecule has 6 heteroatoms. The van der Waals surface area contributed by atoms with Gasteiger partial charge in [-0.1, -0.05) is 6.92 Å². The van der Waals surface area contributed by atoms with E-state index in [4.69, 9.17) is 0 Å². The van der Waals surface area contributed by atoms with Crippen molar-refractivity contribution in [2.75, 3.05) is 13.1 Å². The zero-order valence-corrected chi connectivity index (χ0v) is 11.6. The summed E-state index contributed by atoms with van der Waals surface area (Å²) in [7, 11) is -3.58. The number of hydrogen-bond acceptors (Lipinski definition) is 3. The molecule has 0 radical (unpaired) electrons. The number of halogens is 1. The first-order valence-electron chi connectivity index (χ1n) is 5.86. The van der Waals surface area contributed by atoms with Crippen molar-refractivity contribution in [1.29, 1.82) is 0 Å². The van der Waals surface area contributed by atoms with E-state index in [1.165, 1.54) is 12.1 Å². The van der Waals surface area contributed by atoms with Gasteiger partial charge in [-0.3, -0.25) is 0 Å². The monoisotopic (exact) mass is 274 g/mol. The smallest absolute Gasteiger partial charge is 0.240 e. The molecule has 4 nitrogen and oxygen atoms in total. The summed E-state index contributed by atoms with van der Waals surface area (Å²) < 4.78 is 39.5. The fourth-order valence-corrected chi connectivity index (χ4v) is 3.00. The van der Waals surface area contributed by atoms with Gasteiger partial charge in [0.15, 0.2) is 0 Å². The van der Waals surface area contributed by atoms with Crippen molar-refractivity contribution in [2.45, 2.75) is 31.7 Å². The van der Waals surface area contributed by atoms with Gasteiger partial charge in [0.1, 0.15) is 5.82 Å². The van der Waals surface area contributed by atoms with E-state index in [0.717, 1.165) is 12.6 Å². The zero-order valence-electron chi connectivity index (χ0n) is 10.8. The second-order valence-corrected chi connectivity index (χ2v) is 5.96. The molecule has 0 unspecified atom stereocenters. The summed E-state index contributed by atoms with van der Waals surface area (Å²) in [4.78, 5) is 0.118. The Kier molecular flexibility index (Phi) is 5.25. The molecule has 0 aromatic heterocycles. The van der Waals surface area contributed by atoms with Crippen LogP contribution in [0.2, 0.25) is 0 Å². The SMILES string of the molecule is CCN[C@H](C)CNS(=O)(=O)c1ccc(F)cc1C. The summed E-state index contributed by atoms with van der Waals surface area (Å²) in [6, 6.07) is 3.69. The van der Waals surface area contributed by atoms with Gasteiger partial charge in [-0.2, -0.15) is 0 Å². The lowest BCUT2D eigenvalue weighted by Gasteiger charge is -2.14. The van der Waals surface area contributed by atoms with Gasteiger partial charge in [-0.15, -0.1) is 0 Å². The summed E-state index contributed by atoms with van der Waals surface area (Å²) in [5, 5.41) is 3.11. The topological polar surface area (TPSA) is 58.2 Å². The molecule has 0 bridgehead atoms. The highest BCUT2D eigenvalue weighted by atomic mass is 32.2. The Morgan fingerprint density at radius 2 is 2.06 bits per heavy atom. The number of likely N-dealkylation sites (N-methyl/N-ethyl adjacent to an activating group) is 1. The third-order valence-corrected chi connectivity index (χ3v) is 4.14. The summed E-state index contributed by atoms with van der Waals surface area (Å²) >= 11 is 0. The molecule has 1 aromatic carbocycles. The van der Waals surface area contributed by atoms with Gasteiger partial charge in [0.25, 0.3) is 0 Å². The highest BCUT2D eigenvalue weighted by Crippen LogP contribution is 2.15. The Morgan fingerprint density at radius 1 is 1.39 bits per heavy atom. The third-order valence-electron chi connectivity index (χ3n) is 2.56. The molecule has 102 valence electrons. The Morgan fingerprint density at radius 3 is 2.61 bits per heavy atom. The molecule has 0 spiro atoms. The van der Waals surface area contributed by atoms with Crippen LogP contribution < -0.4 is 10.0 Å². The molecule has 2 N–H and O–H groups in total. The van der Waals surface area contributed by atoms with Gasteiger partial charge in [0.05, 0.1) is 4.90 Å². The molecule has 0 aliphatic rings. The minimum absolute atomic E-state index is 0.0468. The molecule has 1 rings (SSSR count). The molecule has 18 heavy (non-hydrogen) atoms. The minimum atomic E-state index is -3.58. The van der Waals surface area contributed by atoms with Crippen molar-refractivity contribution in [1.82, 2.24) is 10.0 Å². The van der Waals surface area contributed by atoms with Crippen LogP contribution in [0.5, 0.6) is 0 Å². The molecule has 0 amide bonds. The van der Waals surface area contributed by atoms with E-state index in [0.29, 0.717) is 12.1 Å². The van der Waals surface area contributed by atoms with Crippen LogP contribution in [-0.2, 0) is 10.0 Å². The molecule has 0 aliphatic carbocycles. The van der Waals surface area contributed by atoms with E-state index in [1.807, 2.05) is 13.8 Å². The zero-order chi connectivity index (χ0) is 13.8. The predicted molar refractivity (Wildman–Crippen MR) is 69.5 cm³/mol. The van der Waals surface area contributed by atoms with Crippen molar-refractivity contribution < 1.29 is 12.8 Å². The molecule has 0 saturated carbocycles. The maximum absolute atomic E-state index is 12.9. The van der Waals surface area contributed by atoms with Crippen LogP contribution in [-0.4, -0.2) is 27.5 Å². The molecular formula is C12H19FN2O2S. The molecule has 0 heterocycles. The van der Waals surface area contributed by atoms with Gasteiger partial charge in [-0.25, -0.2) is 17.5 Å². The van der Waals surface area contributed by atoms with Crippen molar-refractivity contribution in [2.24, 2.45) is 0 Å². The van der Waals surface area contributed by atoms with E-state index in [2.05, 4.69) is 10.0 Å². The highest BCUT2D eigenvalue weighted by molar-refractivity contribution is 7.89. The van der Waals surface area contributed by atoms with Crippen molar-refractivity contribution in [3.8, 4) is 0 Å². The standard InChI is InChI=1S/C12H19FN2O2S/c1-4-14-10(3)8-15-18(16,17)12-6-5-11(13)7-9(12)2/h5-7,10,14-15H,4,8H2,1-3H3/t10-/m1/s1. The number of rotatable bonds is 6. The normalized spacial score (nSPS) is 13.6. The Hall–Kier alpha value is -0.980. The first kappa shape index (κ1) is 15.1. The van der Waals surface area contributed by atoms with Crippen LogP contribution >= 0.6 is 0 Å². The Balaban J connectivity index is 2.80. The van der Waals surface area contributed by atoms with Gasteiger partial charge in [-0.05, 0) is 44.2 Å². The Bertz CT molecular complexity index is 503. The van der Waals surface area contributed by atoms with Crippen molar-refractivity contribution >= 4 is 10.0 Å². The van der Waals surface area contributed by atoms with E-state index in [9.17, 15) is 12.8 Å². The average molecular weight is 274 g/mol. The number of aryl methyl sites for hydroxylation is 1. The lowest BCUT2D eigenvalue weighted by atomic mass is 10.2. The molecule has 1 atom stereocenters. The van der Waals surface area contributed by atoms with Crippen LogP contribution in [0, 0.1) is 12.7 Å². The van der Waals surface area contributed by atoms with Crippen molar-refractivity contribution in [3.63, 3.8) is 0 Å². The molecular weight excluding hydrogens is 255 g/mol. The van der Waals surface area contributed by atoms with E-state index < -0.39 is 15.8 Å². The third kappa shape index (κ3) is 4.04. The fourth-order valence-electron chi connectivity index (χ4n) is 1.65. The summed E-state index contributed by atoms with van der Waals surface area (Å²) in [6.07, 6.45) is 0. The number of sulfonamides is 1. The minimum Gasteiger partial charge on any atom is -0.313 e. The quantitative estimate of drug-likeness (QED) is 0.824. The van der Waals surface area contributed by atoms with Gasteiger partial charge in [0, 0.05) is 12.6 Å². The Labute approximate surface area is 108 Å². The first-order valence-corrected chi connectivity index (χ1v) is 7.34. The number of nitrogens with one attached hydrogen (secondary N) is 2. The van der Waals surface area contributed by atoms with E-state index >= 15 is 0 Å². The van der Waals surface area contributed by atoms with Gasteiger partial charge in [0.2, 0.25) is 10.0 Å². The maximum Gasteiger partial charge on any atom is 0.240 e. The molecule has 0 fully saturated rings. The predicted octanol–water partition coefficient (Wildman–Crippen LogP) is 1.41. The van der Waals surface area contributed by atoms with Gasteiger partial charge >= 0.3 is 0 Å². The maximum atomic E-state index is 12.9. The first-order chi connectivity index (χ1) is 8.36. The van der Waals surface area contributed by atoms with Crippen molar-refractivity contribution in [3.05, 3.63) is 29.6 Å². The summed E-state index contributed by atoms with van der Waals surface area (Å²) in [5.41, 5.74) is 0.401. The van der Waals surface area contributed by atoms with Crippen LogP contribution in [0.1, 0.15) is 19.4 Å². The van der Waals surface area contributed by atoms with Crippen LogP contribution in [0.15, 0.2) is 23.1 Å². The van der Waals surface area contributed by atoms with E-state index in [1.54, 1.807) is 6.92 Å². The lowest BCUT2D eigenvalue weighted by Crippen LogP contribution is -2.38. The fraction of sp³-hybridized carbons (Fsp3) is 0.500. The van der Waals surface area contributed by atoms with Gasteiger partial charge < -0.3 is 5.32 Å². The second-order valence-electron chi connectivity index (χ2n) is 4.22. The average Bonchev–Trinajstić information content (AvgIpc) is 2.26. The molecule has 0 aliphatic heterocycles. The second kappa shape index (κ2) is 6.26. The van der Waals surface area contributed by atoms with Crippen LogP contribution in [0.25, 0.3) is 0 Å². The van der Waals surface area contributed by atoms with Crippen LogP contribution in [0.3, 0.4) is 0 Å². The summed E-state index contributed by atoms with van der Waals surface area (Å²) in [6.45, 7) is 6.50. The van der Waals surface area contributed by atoms with Crippen LogP contribution in [0.4, 0.5) is 4.39 Å². The summed E-state index contributed by atoms with van der Waals surface area (Å²) in [5.74, 6) is -0.438. The molecule has 1 aromatic rings. The number of benzene rings is 1. The highest BCUT2D eigenvalue weighted by Gasteiger charge is 2.17. The molecule has 0 saturated heterocycles. The largest absolute Gasteiger partial charge is 0.313 e. The van der Waals surface area contributed by atoms with E-state index in [-0.39, 0.29) is 10.9 Å².